The van der Waals surface area contributed by atoms with Gasteiger partial charge in [-0.2, -0.15) is 0 Å². The van der Waals surface area contributed by atoms with Crippen molar-refractivity contribution in [2.45, 2.75) is 158 Å². The minimum Gasteiger partial charge on any atom is -0.338 e. The van der Waals surface area contributed by atoms with Crippen LogP contribution in [-0.4, -0.2) is 46.0 Å². The number of hydrogen-bond donors (Lipinski definition) is 6. The van der Waals surface area contributed by atoms with Crippen molar-refractivity contribution in [1.82, 2.24) is 16.0 Å². The van der Waals surface area contributed by atoms with Crippen LogP contribution in [0.15, 0.2) is 0 Å². The summed E-state index contributed by atoms with van der Waals surface area (Å²) in [6, 6.07) is 4.08. The molecule has 0 radical (unpaired) electrons. The fourth-order valence-corrected chi connectivity index (χ4v) is 2.16. The molecule has 5 N–H and O–H groups in total. The SMILES string of the molecule is CCC(C)NC(C)CC.CCC(C)NC(C)CC.CCC(C)NC(C)CC.OP(O)(=S)S. The third-order valence-corrected chi connectivity index (χ3v) is 5.38. The van der Waals surface area contributed by atoms with Crippen molar-refractivity contribution in [3.63, 3.8) is 0 Å². The Kier molecular flexibility index (Phi) is 33.0. The molecule has 5 nitrogen and oxygen atoms in total. The minimum atomic E-state index is -3.11. The Morgan fingerprint density at radius 3 is 0.688 bits per heavy atom. The summed E-state index contributed by atoms with van der Waals surface area (Å²) in [5.74, 6) is 0. The normalized spacial score (nSPS) is 16.5. The van der Waals surface area contributed by atoms with Gasteiger partial charge >= 0.3 is 0 Å². The quantitative estimate of drug-likeness (QED) is 0.129. The lowest BCUT2D eigenvalue weighted by atomic mass is 10.2. The highest BCUT2D eigenvalue weighted by atomic mass is 32.9. The summed E-state index contributed by atoms with van der Waals surface area (Å²) in [5, 5.41) is 10.4. The third kappa shape index (κ3) is 44.5. The molecule has 0 rings (SSSR count). The van der Waals surface area contributed by atoms with Crippen LogP contribution in [0.3, 0.4) is 0 Å². The maximum atomic E-state index is 7.87. The topological polar surface area (TPSA) is 76.5 Å². The van der Waals surface area contributed by atoms with Gasteiger partial charge in [-0.25, -0.2) is 0 Å². The zero-order valence-corrected chi connectivity index (χ0v) is 26.0. The van der Waals surface area contributed by atoms with E-state index >= 15 is 0 Å². The van der Waals surface area contributed by atoms with Gasteiger partial charge in [0.1, 0.15) is 0 Å². The maximum Gasteiger partial charge on any atom is 0.239 e. The first kappa shape index (κ1) is 40.0. The lowest BCUT2D eigenvalue weighted by molar-refractivity contribution is 0.449. The summed E-state index contributed by atoms with van der Waals surface area (Å²) < 4.78 is 0. The third-order valence-electron chi connectivity index (χ3n) is 5.38. The molecule has 0 heterocycles. The maximum absolute atomic E-state index is 7.87. The molecule has 0 saturated carbocycles. The summed E-state index contributed by atoms with van der Waals surface area (Å²) >= 11 is 7.07. The van der Waals surface area contributed by atoms with Crippen molar-refractivity contribution in [3.05, 3.63) is 0 Å². The molecular formula is C24H60N3O2PS2. The second-order valence-corrected chi connectivity index (χ2v) is 13.9. The first-order valence-electron chi connectivity index (χ1n) is 12.7. The van der Waals surface area contributed by atoms with E-state index in [1.807, 2.05) is 0 Å². The van der Waals surface area contributed by atoms with Crippen molar-refractivity contribution in [2.24, 2.45) is 0 Å². The molecule has 200 valence electrons. The van der Waals surface area contributed by atoms with Crippen LogP contribution < -0.4 is 16.0 Å². The van der Waals surface area contributed by atoms with Gasteiger partial charge in [-0.1, -0.05) is 53.8 Å². The Morgan fingerprint density at radius 1 is 0.531 bits per heavy atom. The van der Waals surface area contributed by atoms with Crippen LogP contribution in [0.25, 0.3) is 0 Å². The van der Waals surface area contributed by atoms with E-state index in [4.69, 9.17) is 9.79 Å². The molecule has 0 saturated heterocycles. The summed E-state index contributed by atoms with van der Waals surface area (Å²) in [5.41, 5.74) is -3.11. The number of rotatable bonds is 12. The monoisotopic (exact) mass is 517 g/mol. The first-order chi connectivity index (χ1) is 14.6. The molecule has 0 amide bonds. The van der Waals surface area contributed by atoms with Crippen LogP contribution in [0.1, 0.15) is 122 Å². The van der Waals surface area contributed by atoms with E-state index in [1.54, 1.807) is 0 Å². The fourth-order valence-electron chi connectivity index (χ4n) is 2.16. The number of nitrogens with one attached hydrogen (secondary N) is 3. The molecular weight excluding hydrogens is 457 g/mol. The molecule has 0 bridgehead atoms. The summed E-state index contributed by atoms with van der Waals surface area (Å²) in [6.07, 6.45) is 7.36. The summed E-state index contributed by atoms with van der Waals surface area (Å²) in [6.45, 7) is 26.6. The molecule has 0 fully saturated rings. The summed E-state index contributed by atoms with van der Waals surface area (Å²) in [4.78, 5) is 15.7. The van der Waals surface area contributed by atoms with E-state index in [2.05, 4.69) is 123 Å². The van der Waals surface area contributed by atoms with Crippen LogP contribution in [0, 0.1) is 0 Å². The standard InChI is InChI=1S/3C8H19N.H3O2PS2/c3*1-5-7(3)9-8(4)6-2;1-3(2,4)5/h3*7-9H,5-6H2,1-4H3;(H3,1,2,4,5). The van der Waals surface area contributed by atoms with Gasteiger partial charge < -0.3 is 25.7 Å². The van der Waals surface area contributed by atoms with Gasteiger partial charge in [0.15, 0.2) is 0 Å². The Hall–Kier alpha value is 0.800. The second kappa shape index (κ2) is 26.4. The average Bonchev–Trinajstić information content (AvgIpc) is 2.72. The molecule has 0 aromatic rings. The highest BCUT2D eigenvalue weighted by molar-refractivity contribution is 8.59. The molecule has 0 spiro atoms. The molecule has 0 aromatic heterocycles. The van der Waals surface area contributed by atoms with Crippen molar-refractivity contribution in [2.75, 3.05) is 0 Å². The van der Waals surface area contributed by atoms with E-state index in [1.165, 1.54) is 38.5 Å². The lowest BCUT2D eigenvalue weighted by Crippen LogP contribution is -2.33. The largest absolute Gasteiger partial charge is 0.338 e. The molecule has 8 heteroatoms. The Bertz CT molecular complexity index is 340. The van der Waals surface area contributed by atoms with Crippen LogP contribution >= 0.6 is 17.9 Å². The van der Waals surface area contributed by atoms with Gasteiger partial charge in [0, 0.05) is 36.3 Å². The van der Waals surface area contributed by atoms with E-state index in [-0.39, 0.29) is 0 Å². The second-order valence-electron chi connectivity index (χ2n) is 8.87. The van der Waals surface area contributed by atoms with Crippen molar-refractivity contribution < 1.29 is 9.79 Å². The van der Waals surface area contributed by atoms with Crippen LogP contribution in [-0.2, 0) is 11.8 Å². The van der Waals surface area contributed by atoms with Gasteiger partial charge in [-0.05, 0) is 91.9 Å². The lowest BCUT2D eigenvalue weighted by Gasteiger charge is -2.16. The Labute approximate surface area is 213 Å². The van der Waals surface area contributed by atoms with E-state index in [0.717, 1.165) is 0 Å². The predicted molar refractivity (Wildman–Crippen MR) is 156 cm³/mol. The zero-order chi connectivity index (χ0) is 26.3. The van der Waals surface area contributed by atoms with Crippen LogP contribution in [0.2, 0.25) is 0 Å². The van der Waals surface area contributed by atoms with Gasteiger partial charge in [0.05, 0.1) is 0 Å². The van der Waals surface area contributed by atoms with Crippen LogP contribution in [0.5, 0.6) is 0 Å². The Morgan fingerprint density at radius 2 is 0.625 bits per heavy atom. The van der Waals surface area contributed by atoms with Gasteiger partial charge in [-0.3, -0.25) is 0 Å². The molecule has 32 heavy (non-hydrogen) atoms. The number of hydrogen-bond acceptors (Lipinski definition) is 4. The van der Waals surface area contributed by atoms with Crippen molar-refractivity contribution >= 4 is 29.7 Å². The predicted octanol–water partition coefficient (Wildman–Crippen LogP) is 6.64. The molecule has 6 unspecified atom stereocenters. The summed E-state index contributed by atoms with van der Waals surface area (Å²) in [7, 11) is 0. The molecule has 0 aliphatic rings. The van der Waals surface area contributed by atoms with E-state index in [0.29, 0.717) is 36.3 Å². The minimum absolute atomic E-state index is 0.681. The zero-order valence-electron chi connectivity index (χ0n) is 23.4. The molecule has 0 aliphatic carbocycles. The van der Waals surface area contributed by atoms with Gasteiger partial charge in [-0.15, -0.1) is 0 Å². The molecule has 0 aliphatic heterocycles. The van der Waals surface area contributed by atoms with Crippen LogP contribution in [0.4, 0.5) is 0 Å². The van der Waals surface area contributed by atoms with Crippen molar-refractivity contribution in [3.8, 4) is 0 Å². The highest BCUT2D eigenvalue weighted by Crippen LogP contribution is 2.39. The van der Waals surface area contributed by atoms with E-state index in [9.17, 15) is 0 Å². The van der Waals surface area contributed by atoms with Gasteiger partial charge in [0.25, 0.3) is 0 Å². The highest BCUT2D eigenvalue weighted by Gasteiger charge is 2.02. The molecule has 6 atom stereocenters. The smallest absolute Gasteiger partial charge is 0.239 e. The van der Waals surface area contributed by atoms with Crippen molar-refractivity contribution in [1.29, 1.82) is 0 Å². The Balaban J connectivity index is -0.000000167. The fraction of sp³-hybridized carbons (Fsp3) is 1.00. The first-order valence-corrected chi connectivity index (χ1v) is 16.5. The molecule has 0 aromatic carbocycles. The average molecular weight is 518 g/mol. The van der Waals surface area contributed by atoms with E-state index < -0.39 is 5.69 Å². The van der Waals surface area contributed by atoms with Gasteiger partial charge in [0.2, 0.25) is 5.69 Å². The number of thiol groups is 1.